The van der Waals surface area contributed by atoms with Crippen molar-refractivity contribution < 1.29 is 0 Å². The number of nitrogens with one attached hydrogen (secondary N) is 1. The van der Waals surface area contributed by atoms with Gasteiger partial charge >= 0.3 is 0 Å². The Morgan fingerprint density at radius 3 is 2.19 bits per heavy atom. The monoisotopic (exact) mass is 711 g/mol. The van der Waals surface area contributed by atoms with Gasteiger partial charge in [0.25, 0.3) is 0 Å². The summed E-state index contributed by atoms with van der Waals surface area (Å²) in [5, 5.41) is 11.6. The largest absolute Gasteiger partial charge is 0.371 e. The highest BCUT2D eigenvalue weighted by Crippen LogP contribution is 2.50. The highest BCUT2D eigenvalue weighted by Gasteiger charge is 2.35. The van der Waals surface area contributed by atoms with Gasteiger partial charge in [-0.05, 0) is 85.9 Å². The number of hydrogen-bond donors (Lipinski definition) is 1. The molecule has 0 amide bonds. The van der Waals surface area contributed by atoms with Crippen molar-refractivity contribution in [1.29, 1.82) is 0 Å². The van der Waals surface area contributed by atoms with Crippen LogP contribution >= 0.6 is 11.8 Å². The average molecular weight is 712 g/mol. The molecule has 3 aliphatic rings. The fraction of sp³-hybridized carbons (Fsp3) is 0.120. The minimum atomic E-state index is -0.0994. The lowest BCUT2D eigenvalue weighted by atomic mass is 9.82. The predicted octanol–water partition coefficient (Wildman–Crippen LogP) is 13.2. The second-order valence-corrected chi connectivity index (χ2v) is 16.6. The molecule has 7 aromatic carbocycles. The van der Waals surface area contributed by atoms with E-state index in [1.54, 1.807) is 0 Å². The van der Waals surface area contributed by atoms with Gasteiger partial charge in [-0.15, -0.1) is 0 Å². The smallest absolute Gasteiger partial charge is 0.160 e. The van der Waals surface area contributed by atoms with Crippen LogP contribution in [0.25, 0.3) is 77.3 Å². The lowest BCUT2D eigenvalue weighted by Crippen LogP contribution is -2.21. The van der Waals surface area contributed by atoms with Crippen molar-refractivity contribution in [3.8, 4) is 45.0 Å². The Morgan fingerprint density at radius 2 is 1.31 bits per heavy atom. The molecule has 4 heteroatoms. The second kappa shape index (κ2) is 12.0. The number of thioether (sulfide) groups is 1. The highest BCUT2D eigenvalue weighted by atomic mass is 32.2. The van der Waals surface area contributed by atoms with E-state index in [1.807, 2.05) is 11.8 Å². The van der Waals surface area contributed by atoms with E-state index in [0.717, 1.165) is 40.3 Å². The van der Waals surface area contributed by atoms with Crippen LogP contribution in [0, 0.1) is 5.92 Å². The molecule has 2 aliphatic carbocycles. The molecule has 3 nitrogen and oxygen atoms in total. The zero-order chi connectivity index (χ0) is 36.0. The van der Waals surface area contributed by atoms with Gasteiger partial charge in [-0.3, -0.25) is 0 Å². The molecule has 2 atom stereocenters. The summed E-state index contributed by atoms with van der Waals surface area (Å²) in [4.78, 5) is 11.9. The normalized spacial score (nSPS) is 17.8. The fourth-order valence-corrected chi connectivity index (χ4v) is 10.2. The van der Waals surface area contributed by atoms with E-state index in [1.165, 1.54) is 65.2 Å². The molecule has 2 unspecified atom stereocenters. The van der Waals surface area contributed by atoms with Crippen LogP contribution in [0.2, 0.25) is 0 Å². The molecule has 0 radical (unpaired) electrons. The number of fused-ring (bicyclic) bond motifs is 9. The summed E-state index contributed by atoms with van der Waals surface area (Å²) in [5.74, 6) is 1.20. The van der Waals surface area contributed by atoms with Gasteiger partial charge in [0.05, 0.1) is 22.4 Å². The van der Waals surface area contributed by atoms with Gasteiger partial charge in [-0.1, -0.05) is 153 Å². The molecule has 0 spiro atoms. The molecule has 0 saturated heterocycles. The first-order valence-corrected chi connectivity index (χ1v) is 19.8. The Morgan fingerprint density at radius 1 is 0.611 bits per heavy atom. The van der Waals surface area contributed by atoms with Crippen molar-refractivity contribution in [1.82, 2.24) is 9.97 Å². The van der Waals surface area contributed by atoms with Gasteiger partial charge in [0.1, 0.15) is 0 Å². The van der Waals surface area contributed by atoms with E-state index in [4.69, 9.17) is 9.97 Å². The number of nitrogens with zero attached hydrogens (tertiary/aromatic N) is 2. The number of aromatic nitrogens is 2. The number of anilines is 1. The molecule has 2 heterocycles. The topological polar surface area (TPSA) is 37.8 Å². The van der Waals surface area contributed by atoms with Crippen molar-refractivity contribution >= 4 is 49.8 Å². The molecule has 11 rings (SSSR count). The lowest BCUT2D eigenvalue weighted by molar-refractivity contribution is 0.660. The summed E-state index contributed by atoms with van der Waals surface area (Å²) in [6.07, 6.45) is 10.0. The quantitative estimate of drug-likeness (QED) is 0.184. The van der Waals surface area contributed by atoms with Crippen LogP contribution in [0.15, 0.2) is 163 Å². The maximum atomic E-state index is 5.33. The molecular formula is C50H37N3S. The zero-order valence-electron chi connectivity index (χ0n) is 30.2. The molecule has 0 bridgehead atoms. The van der Waals surface area contributed by atoms with Gasteiger partial charge in [-0.2, -0.15) is 0 Å². The van der Waals surface area contributed by atoms with E-state index in [2.05, 4.69) is 177 Å². The van der Waals surface area contributed by atoms with Crippen LogP contribution in [0.4, 0.5) is 5.69 Å². The predicted molar refractivity (Wildman–Crippen MR) is 228 cm³/mol. The lowest BCUT2D eigenvalue weighted by Gasteiger charge is -2.22. The maximum Gasteiger partial charge on any atom is 0.160 e. The van der Waals surface area contributed by atoms with Gasteiger partial charge in [0, 0.05) is 38.3 Å². The standard InChI is InChI=1S/C50H37N3S/c1-50(2)41-15-9-8-14-39(41)40-24-20-36(28-42(40)50)44-29-43(35-19-16-30-10-6-7-13-33(30)26-35)51-48(52-44)37-21-23-38-34(27-37)18-17-31-22-25-45-47(46(31)38)53-49(54-45)32-11-4-3-5-12-32/h3-11,13-29,32,49,53H,12H2,1-2H3. The first-order valence-electron chi connectivity index (χ1n) is 18.9. The summed E-state index contributed by atoms with van der Waals surface area (Å²) in [6.45, 7) is 4.67. The van der Waals surface area contributed by atoms with Crippen molar-refractivity contribution in [3.63, 3.8) is 0 Å². The minimum absolute atomic E-state index is 0.0994. The Balaban J connectivity index is 1.05. The van der Waals surface area contributed by atoms with Crippen LogP contribution < -0.4 is 5.32 Å². The van der Waals surface area contributed by atoms with Crippen molar-refractivity contribution in [2.45, 2.75) is 36.0 Å². The molecule has 8 aromatic rings. The molecular weight excluding hydrogens is 675 g/mol. The highest BCUT2D eigenvalue weighted by molar-refractivity contribution is 8.00. The van der Waals surface area contributed by atoms with Gasteiger partial charge < -0.3 is 5.32 Å². The summed E-state index contributed by atoms with van der Waals surface area (Å²) in [7, 11) is 0. The maximum absolute atomic E-state index is 5.33. The van der Waals surface area contributed by atoms with E-state index in [0.29, 0.717) is 11.3 Å². The molecule has 54 heavy (non-hydrogen) atoms. The number of rotatable bonds is 4. The Hall–Kier alpha value is -5.97. The van der Waals surface area contributed by atoms with E-state index in [-0.39, 0.29) is 5.41 Å². The fourth-order valence-electron chi connectivity index (χ4n) is 8.93. The van der Waals surface area contributed by atoms with Crippen LogP contribution in [0.1, 0.15) is 31.4 Å². The third-order valence-electron chi connectivity index (χ3n) is 11.8. The Labute approximate surface area is 319 Å². The molecule has 0 saturated carbocycles. The Kier molecular flexibility index (Phi) is 7.03. The van der Waals surface area contributed by atoms with Crippen molar-refractivity contribution in [2.24, 2.45) is 5.92 Å². The average Bonchev–Trinajstić information content (AvgIpc) is 3.77. The molecule has 1 N–H and O–H groups in total. The second-order valence-electron chi connectivity index (χ2n) is 15.4. The summed E-state index contributed by atoms with van der Waals surface area (Å²) >= 11 is 1.95. The number of benzene rings is 7. The van der Waals surface area contributed by atoms with Gasteiger partial charge in [-0.25, -0.2) is 9.97 Å². The SMILES string of the molecule is CC1(C)c2ccccc2-c2ccc(-c3cc(-c4ccc5ccccc5c4)nc(-c4ccc5c(ccc6ccc7c(c65)NC(C5C=CC=CC5)S7)c4)n3)cc21. The van der Waals surface area contributed by atoms with Crippen LogP contribution in [-0.4, -0.2) is 15.3 Å². The van der Waals surface area contributed by atoms with E-state index < -0.39 is 0 Å². The van der Waals surface area contributed by atoms with Crippen LogP contribution in [0.3, 0.4) is 0 Å². The third kappa shape index (κ3) is 4.97. The summed E-state index contributed by atoms with van der Waals surface area (Å²) < 4.78 is 0. The number of allylic oxidation sites excluding steroid dienone is 3. The van der Waals surface area contributed by atoms with Crippen molar-refractivity contribution in [3.05, 3.63) is 169 Å². The van der Waals surface area contributed by atoms with Gasteiger partial charge in [0.2, 0.25) is 0 Å². The molecule has 0 fully saturated rings. The molecule has 1 aromatic heterocycles. The van der Waals surface area contributed by atoms with E-state index >= 15 is 0 Å². The zero-order valence-corrected chi connectivity index (χ0v) is 31.0. The van der Waals surface area contributed by atoms with Crippen molar-refractivity contribution in [2.75, 3.05) is 5.32 Å². The first kappa shape index (κ1) is 31.5. The van der Waals surface area contributed by atoms with Crippen LogP contribution in [-0.2, 0) is 5.41 Å². The third-order valence-corrected chi connectivity index (χ3v) is 13.1. The minimum Gasteiger partial charge on any atom is -0.371 e. The summed E-state index contributed by atoms with van der Waals surface area (Å²) in [5.41, 5.74) is 11.5. The summed E-state index contributed by atoms with van der Waals surface area (Å²) in [6, 6.07) is 48.8. The van der Waals surface area contributed by atoms with Gasteiger partial charge in [0.15, 0.2) is 5.82 Å². The van der Waals surface area contributed by atoms with E-state index in [9.17, 15) is 0 Å². The molecule has 258 valence electrons. The Bertz CT molecular complexity index is 2920. The number of hydrogen-bond acceptors (Lipinski definition) is 4. The molecule has 1 aliphatic heterocycles. The van der Waals surface area contributed by atoms with Crippen LogP contribution in [0.5, 0.6) is 0 Å². The first-order chi connectivity index (χ1) is 26.5.